The maximum absolute atomic E-state index is 11.4. The summed E-state index contributed by atoms with van der Waals surface area (Å²) in [5.41, 5.74) is 8.96. The summed E-state index contributed by atoms with van der Waals surface area (Å²) in [7, 11) is 0. The molecule has 2 aromatic carbocycles. The number of carbonyl (C=O) groups excluding carboxylic acids is 1. The highest BCUT2D eigenvalue weighted by atomic mass is 32.1. The highest BCUT2D eigenvalue weighted by Gasteiger charge is 2.36. The number of rotatable bonds is 5. The Labute approximate surface area is 213 Å². The third kappa shape index (κ3) is 3.49. The number of aromatic amines is 2. The number of hydrogen-bond acceptors (Lipinski definition) is 4. The summed E-state index contributed by atoms with van der Waals surface area (Å²) in [6.07, 6.45) is 9.94. The van der Waals surface area contributed by atoms with Crippen LogP contribution < -0.4 is 5.32 Å². The molecule has 1 saturated carbocycles. The zero-order valence-corrected chi connectivity index (χ0v) is 20.8. The van der Waals surface area contributed by atoms with Crippen molar-refractivity contribution in [2.45, 2.75) is 50.5 Å². The average molecular weight is 494 g/mol. The van der Waals surface area contributed by atoms with E-state index in [2.05, 4.69) is 68.8 Å². The molecule has 3 aromatic heterocycles. The van der Waals surface area contributed by atoms with E-state index in [1.165, 1.54) is 44.1 Å². The Hall–Kier alpha value is -3.71. The zero-order valence-electron chi connectivity index (χ0n) is 19.9. The molecule has 3 N–H and O–H groups in total. The summed E-state index contributed by atoms with van der Waals surface area (Å²) in [4.78, 5) is 30.1. The Morgan fingerprint density at radius 1 is 0.944 bits per heavy atom. The molecule has 1 fully saturated rings. The standard InChI is InChI=1S/C29H27N5OS/c35-17-32-29(12-2-1-3-13-29)28-33-22-8-6-20(15-24(22)34-28)26-11-10-25(36-26)19-4-7-21-18(14-19)5-9-23-27(21)31-16-30-23/h4,6-8,10-11,14-17H,1-3,5,9,12-13H2,(H,30,31)(H,32,35)(H,33,34). The van der Waals surface area contributed by atoms with E-state index in [4.69, 9.17) is 4.98 Å². The van der Waals surface area contributed by atoms with Crippen molar-refractivity contribution in [2.24, 2.45) is 0 Å². The Morgan fingerprint density at radius 3 is 2.58 bits per heavy atom. The van der Waals surface area contributed by atoms with Gasteiger partial charge in [-0.3, -0.25) is 4.79 Å². The molecule has 180 valence electrons. The van der Waals surface area contributed by atoms with Crippen LogP contribution in [0.3, 0.4) is 0 Å². The molecule has 7 rings (SSSR count). The van der Waals surface area contributed by atoms with E-state index in [0.29, 0.717) is 0 Å². The number of hydrogen-bond donors (Lipinski definition) is 3. The molecule has 0 bridgehead atoms. The van der Waals surface area contributed by atoms with Crippen LogP contribution in [0.1, 0.15) is 49.2 Å². The van der Waals surface area contributed by atoms with Crippen LogP contribution in [0.25, 0.3) is 43.2 Å². The van der Waals surface area contributed by atoms with Crippen molar-refractivity contribution in [2.75, 3.05) is 0 Å². The van der Waals surface area contributed by atoms with Crippen LogP contribution in [-0.4, -0.2) is 26.3 Å². The summed E-state index contributed by atoms with van der Waals surface area (Å²) in [5, 5.41) is 3.09. The number of nitrogens with zero attached hydrogens (tertiary/aromatic N) is 2. The van der Waals surface area contributed by atoms with Crippen LogP contribution in [0.2, 0.25) is 0 Å². The maximum atomic E-state index is 11.4. The van der Waals surface area contributed by atoms with E-state index in [1.54, 1.807) is 6.33 Å². The number of aryl methyl sites for hydroxylation is 2. The van der Waals surface area contributed by atoms with Crippen molar-refractivity contribution in [3.63, 3.8) is 0 Å². The van der Waals surface area contributed by atoms with E-state index < -0.39 is 0 Å². The number of thiophene rings is 1. The molecule has 7 heteroatoms. The van der Waals surface area contributed by atoms with Gasteiger partial charge in [-0.1, -0.05) is 37.5 Å². The number of benzene rings is 2. The van der Waals surface area contributed by atoms with E-state index in [-0.39, 0.29) is 5.54 Å². The lowest BCUT2D eigenvalue weighted by atomic mass is 9.81. The molecular formula is C29H27N5OS. The number of H-pyrrole nitrogens is 2. The van der Waals surface area contributed by atoms with Gasteiger partial charge in [0.25, 0.3) is 0 Å². The summed E-state index contributed by atoms with van der Waals surface area (Å²) in [5.74, 6) is 0.877. The first-order valence-electron chi connectivity index (χ1n) is 12.7. The molecular weight excluding hydrogens is 466 g/mol. The highest BCUT2D eigenvalue weighted by Crippen LogP contribution is 2.40. The third-order valence-corrected chi connectivity index (χ3v) is 9.06. The Bertz CT molecular complexity index is 1590. The van der Waals surface area contributed by atoms with Gasteiger partial charge >= 0.3 is 0 Å². The molecule has 3 heterocycles. The van der Waals surface area contributed by atoms with Crippen molar-refractivity contribution >= 4 is 28.8 Å². The molecule has 5 aromatic rings. The fourth-order valence-corrected chi connectivity index (χ4v) is 6.94. The van der Waals surface area contributed by atoms with E-state index in [1.807, 2.05) is 11.3 Å². The lowest BCUT2D eigenvalue weighted by Gasteiger charge is -2.34. The zero-order chi connectivity index (χ0) is 24.1. The quantitative estimate of drug-likeness (QED) is 0.249. The van der Waals surface area contributed by atoms with E-state index in [9.17, 15) is 4.79 Å². The fourth-order valence-electron chi connectivity index (χ4n) is 5.94. The SMILES string of the molecule is O=CNC1(c2nc3ccc(-c4ccc(-c5ccc6c(c5)CCc5[nH]cnc5-6)s4)cc3[nH]2)CCCCC1. The Kier molecular flexibility index (Phi) is 5.06. The van der Waals surface area contributed by atoms with Crippen LogP contribution >= 0.6 is 11.3 Å². The van der Waals surface area contributed by atoms with Gasteiger partial charge in [0, 0.05) is 21.0 Å². The number of nitrogens with one attached hydrogen (secondary N) is 3. The first-order chi connectivity index (χ1) is 17.7. The molecule has 36 heavy (non-hydrogen) atoms. The van der Waals surface area contributed by atoms with Gasteiger partial charge in [0.2, 0.25) is 6.41 Å². The van der Waals surface area contributed by atoms with Gasteiger partial charge in [0.15, 0.2) is 0 Å². The monoisotopic (exact) mass is 493 g/mol. The minimum absolute atomic E-state index is 0.377. The third-order valence-electron chi connectivity index (χ3n) is 7.88. The van der Waals surface area contributed by atoms with Crippen molar-refractivity contribution in [1.82, 2.24) is 25.3 Å². The molecule has 0 aliphatic heterocycles. The molecule has 0 saturated heterocycles. The maximum Gasteiger partial charge on any atom is 0.207 e. The fraction of sp³-hybridized carbons (Fsp3) is 0.276. The van der Waals surface area contributed by atoms with Gasteiger partial charge < -0.3 is 15.3 Å². The summed E-state index contributed by atoms with van der Waals surface area (Å²) >= 11 is 1.81. The molecule has 0 unspecified atom stereocenters. The molecule has 6 nitrogen and oxygen atoms in total. The van der Waals surface area contributed by atoms with Crippen LogP contribution in [0, 0.1) is 0 Å². The Balaban J connectivity index is 1.20. The van der Waals surface area contributed by atoms with Crippen molar-refractivity contribution < 1.29 is 4.79 Å². The minimum Gasteiger partial charge on any atom is -0.348 e. The van der Waals surface area contributed by atoms with Crippen LogP contribution in [0.4, 0.5) is 0 Å². The second-order valence-corrected chi connectivity index (χ2v) is 11.1. The highest BCUT2D eigenvalue weighted by molar-refractivity contribution is 7.18. The van der Waals surface area contributed by atoms with E-state index in [0.717, 1.165) is 67.5 Å². The first-order valence-corrected chi connectivity index (χ1v) is 13.5. The van der Waals surface area contributed by atoms with E-state index >= 15 is 0 Å². The summed E-state index contributed by atoms with van der Waals surface area (Å²) in [6.45, 7) is 0. The van der Waals surface area contributed by atoms with Gasteiger partial charge in [0.05, 0.1) is 28.6 Å². The lowest BCUT2D eigenvalue weighted by Crippen LogP contribution is -2.44. The second kappa shape index (κ2) is 8.45. The minimum atomic E-state index is -0.377. The van der Waals surface area contributed by atoms with Crippen LogP contribution in [-0.2, 0) is 23.2 Å². The van der Waals surface area contributed by atoms with Gasteiger partial charge in [-0.25, -0.2) is 9.97 Å². The Morgan fingerprint density at radius 2 is 1.75 bits per heavy atom. The molecule has 1 amide bonds. The van der Waals surface area contributed by atoms with Crippen LogP contribution in [0.5, 0.6) is 0 Å². The number of carbonyl (C=O) groups is 1. The van der Waals surface area contributed by atoms with Gasteiger partial charge in [0.1, 0.15) is 5.82 Å². The van der Waals surface area contributed by atoms with Gasteiger partial charge in [-0.05, 0) is 72.7 Å². The number of amides is 1. The van der Waals surface area contributed by atoms with Crippen molar-refractivity contribution in [3.8, 4) is 32.1 Å². The van der Waals surface area contributed by atoms with Crippen molar-refractivity contribution in [3.05, 3.63) is 71.9 Å². The number of imidazole rings is 2. The predicted octanol–water partition coefficient (Wildman–Crippen LogP) is 6.35. The topological polar surface area (TPSA) is 86.5 Å². The largest absolute Gasteiger partial charge is 0.348 e. The average Bonchev–Trinajstić information content (AvgIpc) is 3.68. The van der Waals surface area contributed by atoms with Crippen molar-refractivity contribution in [1.29, 1.82) is 0 Å². The molecule has 2 aliphatic rings. The summed E-state index contributed by atoms with van der Waals surface area (Å²) < 4.78 is 0. The second-order valence-electron chi connectivity index (χ2n) is 9.99. The molecule has 0 spiro atoms. The molecule has 0 radical (unpaired) electrons. The normalized spacial score (nSPS) is 16.4. The number of fused-ring (bicyclic) bond motifs is 4. The number of aromatic nitrogens is 4. The van der Waals surface area contributed by atoms with Crippen LogP contribution in [0.15, 0.2) is 54.9 Å². The smallest absolute Gasteiger partial charge is 0.207 e. The van der Waals surface area contributed by atoms with Gasteiger partial charge in [-0.2, -0.15) is 0 Å². The first kappa shape index (κ1) is 21.6. The molecule has 0 atom stereocenters. The predicted molar refractivity (Wildman–Crippen MR) is 144 cm³/mol. The summed E-state index contributed by atoms with van der Waals surface area (Å²) in [6, 6.07) is 17.6. The van der Waals surface area contributed by atoms with Gasteiger partial charge in [-0.15, -0.1) is 11.3 Å². The molecule has 2 aliphatic carbocycles. The lowest BCUT2D eigenvalue weighted by molar-refractivity contribution is -0.111.